The van der Waals surface area contributed by atoms with E-state index in [-0.39, 0.29) is 11.5 Å². The van der Waals surface area contributed by atoms with Gasteiger partial charge in [0.1, 0.15) is 5.75 Å². The number of carboxylic acid groups (broad SMARTS) is 1. The van der Waals surface area contributed by atoms with Crippen LogP contribution in [0.4, 0.5) is 11.4 Å². The van der Waals surface area contributed by atoms with Gasteiger partial charge in [0.05, 0.1) is 23.5 Å². The van der Waals surface area contributed by atoms with E-state index in [1.54, 1.807) is 28.6 Å². The summed E-state index contributed by atoms with van der Waals surface area (Å²) in [5.74, 6) is 0.575. The molecule has 0 unspecified atom stereocenters. The minimum absolute atomic E-state index is 0.237. The quantitative estimate of drug-likeness (QED) is 0.253. The molecule has 5 heteroatoms. The topological polar surface area (TPSA) is 49.8 Å². The number of ether oxygens (including phenoxy) is 1. The maximum atomic E-state index is 11.2. The van der Waals surface area contributed by atoms with Gasteiger partial charge in [-0.1, -0.05) is 83.0 Å². The molecule has 0 spiro atoms. The summed E-state index contributed by atoms with van der Waals surface area (Å²) < 4.78 is 7.96. The van der Waals surface area contributed by atoms with Crippen molar-refractivity contribution in [3.05, 3.63) is 89.0 Å². The molecule has 33 heavy (non-hydrogen) atoms. The van der Waals surface area contributed by atoms with Crippen LogP contribution < -0.4 is 9.04 Å². The van der Waals surface area contributed by atoms with Crippen molar-refractivity contribution in [2.45, 2.75) is 33.6 Å². The maximum absolute atomic E-state index is 11.2. The first-order chi connectivity index (χ1) is 15.8. The van der Waals surface area contributed by atoms with Gasteiger partial charge in [0.15, 0.2) is 0 Å². The van der Waals surface area contributed by atoms with E-state index in [4.69, 9.17) is 17.6 Å². The summed E-state index contributed by atoms with van der Waals surface area (Å²) in [4.78, 5) is 11.2. The second kappa shape index (κ2) is 11.1. The van der Waals surface area contributed by atoms with Crippen molar-refractivity contribution in [1.82, 2.24) is 0 Å². The molecule has 172 valence electrons. The summed E-state index contributed by atoms with van der Waals surface area (Å²) in [5, 5.41) is 9.22. The zero-order chi connectivity index (χ0) is 24.0. The Bertz CT molecular complexity index is 1110. The summed E-state index contributed by atoms with van der Waals surface area (Å²) in [7, 11) is 0. The molecule has 1 N–H and O–H groups in total. The highest BCUT2D eigenvalue weighted by atomic mass is 32.1. The Morgan fingerprint density at radius 3 is 2.24 bits per heavy atom. The second-order valence-corrected chi connectivity index (χ2v) is 9.12. The fourth-order valence-corrected chi connectivity index (χ4v) is 3.69. The fraction of sp³-hybridized carbons (Fsp3) is 0.250. The number of rotatable bonds is 9. The van der Waals surface area contributed by atoms with Crippen LogP contribution in [-0.2, 0) is 0 Å². The summed E-state index contributed by atoms with van der Waals surface area (Å²) >= 11 is 4.78. The predicted molar refractivity (Wildman–Crippen MR) is 141 cm³/mol. The van der Waals surface area contributed by atoms with E-state index in [1.807, 2.05) is 24.3 Å². The van der Waals surface area contributed by atoms with Crippen molar-refractivity contribution in [2.24, 2.45) is 5.92 Å². The van der Waals surface area contributed by atoms with Gasteiger partial charge in [0.25, 0.3) is 0 Å². The highest BCUT2D eigenvalue weighted by molar-refractivity contribution is 7.82. The van der Waals surface area contributed by atoms with Crippen LogP contribution in [0.3, 0.4) is 0 Å². The summed E-state index contributed by atoms with van der Waals surface area (Å²) in [5.41, 5.74) is 5.10. The Morgan fingerprint density at radius 1 is 1.00 bits per heavy atom. The van der Waals surface area contributed by atoms with Crippen LogP contribution in [0.15, 0.2) is 66.7 Å². The molecule has 4 nitrogen and oxygen atoms in total. The fourth-order valence-electron chi connectivity index (χ4n) is 3.39. The number of aromatic carboxylic acids is 1. The van der Waals surface area contributed by atoms with Gasteiger partial charge in [-0.05, 0) is 58.9 Å². The number of carboxylic acids is 1. The smallest absolute Gasteiger partial charge is 0.335 e. The van der Waals surface area contributed by atoms with Crippen molar-refractivity contribution in [3.63, 3.8) is 0 Å². The van der Waals surface area contributed by atoms with Crippen molar-refractivity contribution in [3.8, 4) is 5.75 Å². The Labute approximate surface area is 202 Å². The van der Waals surface area contributed by atoms with Crippen LogP contribution in [-0.4, -0.2) is 17.7 Å². The number of hydrogen-bond donors (Lipinski definition) is 2. The van der Waals surface area contributed by atoms with E-state index < -0.39 is 5.97 Å². The third kappa shape index (κ3) is 6.42. The molecule has 0 fully saturated rings. The molecule has 0 atom stereocenters. The Morgan fingerprint density at radius 2 is 1.67 bits per heavy atom. The Kier molecular flexibility index (Phi) is 8.23. The third-order valence-electron chi connectivity index (χ3n) is 5.20. The first-order valence-electron chi connectivity index (χ1n) is 11.1. The zero-order valence-electron chi connectivity index (χ0n) is 19.5. The second-order valence-electron chi connectivity index (χ2n) is 8.72. The molecule has 0 heterocycles. The summed E-state index contributed by atoms with van der Waals surface area (Å²) in [6.45, 7) is 9.19. The van der Waals surface area contributed by atoms with Gasteiger partial charge in [0, 0.05) is 6.07 Å². The molecular weight excluding hydrogens is 430 g/mol. The molecule has 3 aromatic rings. The number of thiol groups is 1. The number of carbonyl (C=O) groups is 1. The van der Waals surface area contributed by atoms with Gasteiger partial charge in [-0.25, -0.2) is 4.79 Å². The molecule has 0 radical (unpaired) electrons. The van der Waals surface area contributed by atoms with Crippen molar-refractivity contribution >= 4 is 42.3 Å². The van der Waals surface area contributed by atoms with Crippen LogP contribution in [0.2, 0.25) is 0 Å². The van der Waals surface area contributed by atoms with Crippen molar-refractivity contribution in [1.29, 1.82) is 0 Å². The molecule has 0 bridgehead atoms. The molecule has 0 aliphatic carbocycles. The van der Waals surface area contributed by atoms with E-state index in [0.29, 0.717) is 12.5 Å². The molecule has 0 saturated carbocycles. The standard InChI is InChI=1S/C28H31NO3S/c1-19(2)18-32-27-17-26(29(33)24-14-12-22(13-15-24)28(30)31)23(16-25(27)20(3)4)11-10-21-8-6-5-7-9-21/h5-17,19-20,33H,18H2,1-4H3,(H,30,31)/b11-10+. The Hall–Kier alpha value is -3.18. The van der Waals surface area contributed by atoms with Crippen LogP contribution in [0, 0.1) is 5.92 Å². The van der Waals surface area contributed by atoms with Gasteiger partial charge in [-0.3, -0.25) is 4.31 Å². The monoisotopic (exact) mass is 461 g/mol. The van der Waals surface area contributed by atoms with Crippen LogP contribution in [0.5, 0.6) is 5.75 Å². The molecule has 0 aromatic heterocycles. The highest BCUT2D eigenvalue weighted by Crippen LogP contribution is 2.39. The number of hydrogen-bond acceptors (Lipinski definition) is 4. The first-order valence-corrected chi connectivity index (χ1v) is 11.5. The van der Waals surface area contributed by atoms with Crippen LogP contribution in [0.25, 0.3) is 12.2 Å². The highest BCUT2D eigenvalue weighted by Gasteiger charge is 2.17. The van der Waals surface area contributed by atoms with Crippen LogP contribution >= 0.6 is 12.8 Å². The molecule has 0 aliphatic heterocycles. The molecular formula is C28H31NO3S. The van der Waals surface area contributed by atoms with E-state index in [2.05, 4.69) is 58.0 Å². The molecule has 0 aliphatic rings. The number of nitrogens with zero attached hydrogens (tertiary/aromatic N) is 1. The van der Waals surface area contributed by atoms with Gasteiger partial charge in [-0.15, -0.1) is 0 Å². The Balaban J connectivity index is 2.09. The zero-order valence-corrected chi connectivity index (χ0v) is 20.4. The van der Waals surface area contributed by atoms with Crippen molar-refractivity contribution in [2.75, 3.05) is 10.9 Å². The largest absolute Gasteiger partial charge is 0.493 e. The summed E-state index contributed by atoms with van der Waals surface area (Å²) in [6, 6.07) is 21.0. The van der Waals surface area contributed by atoms with Gasteiger partial charge in [-0.2, -0.15) is 0 Å². The lowest BCUT2D eigenvalue weighted by atomic mass is 9.97. The van der Waals surface area contributed by atoms with E-state index in [0.717, 1.165) is 33.8 Å². The predicted octanol–water partition coefficient (Wildman–Crippen LogP) is 7.70. The molecule has 0 amide bonds. The number of anilines is 2. The van der Waals surface area contributed by atoms with Gasteiger partial charge < -0.3 is 9.84 Å². The lowest BCUT2D eigenvalue weighted by molar-refractivity contribution is 0.0697. The van der Waals surface area contributed by atoms with E-state index >= 15 is 0 Å². The molecule has 0 saturated heterocycles. The van der Waals surface area contributed by atoms with E-state index in [9.17, 15) is 9.90 Å². The minimum Gasteiger partial charge on any atom is -0.493 e. The minimum atomic E-state index is -0.954. The lowest BCUT2D eigenvalue weighted by Gasteiger charge is -2.24. The van der Waals surface area contributed by atoms with Crippen molar-refractivity contribution < 1.29 is 14.6 Å². The van der Waals surface area contributed by atoms with Crippen LogP contribution in [0.1, 0.15) is 60.7 Å². The molecule has 3 aromatic carbocycles. The normalized spacial score (nSPS) is 11.4. The maximum Gasteiger partial charge on any atom is 0.335 e. The van der Waals surface area contributed by atoms with Gasteiger partial charge in [0.2, 0.25) is 0 Å². The van der Waals surface area contributed by atoms with Gasteiger partial charge >= 0.3 is 5.97 Å². The lowest BCUT2D eigenvalue weighted by Crippen LogP contribution is -2.10. The third-order valence-corrected chi connectivity index (χ3v) is 5.64. The average Bonchev–Trinajstić information content (AvgIpc) is 2.81. The SMILES string of the molecule is CC(C)COc1cc(N(S)c2ccc(C(=O)O)cc2)c(/C=C/c2ccccc2)cc1C(C)C. The number of benzene rings is 3. The summed E-state index contributed by atoms with van der Waals surface area (Å²) in [6.07, 6.45) is 4.16. The average molecular weight is 462 g/mol. The molecule has 3 rings (SSSR count). The first kappa shape index (κ1) is 24.5. The van der Waals surface area contributed by atoms with E-state index in [1.165, 1.54) is 0 Å².